The molecule has 0 aliphatic carbocycles. The summed E-state index contributed by atoms with van der Waals surface area (Å²) in [6, 6.07) is 2.24. The number of thiazole rings is 1. The topological polar surface area (TPSA) is 24.9 Å². The third kappa shape index (κ3) is 2.15. The van der Waals surface area contributed by atoms with E-state index in [1.54, 1.807) is 19.5 Å². The summed E-state index contributed by atoms with van der Waals surface area (Å²) in [4.78, 5) is 4.96. The van der Waals surface area contributed by atoms with Gasteiger partial charge in [-0.1, -0.05) is 6.07 Å². The first-order valence-corrected chi connectivity index (χ1v) is 6.46. The highest BCUT2D eigenvalue weighted by Gasteiger charge is 2.24. The van der Waals surface area contributed by atoms with Gasteiger partial charge >= 0.3 is 0 Å². The molecule has 0 radical (unpaired) electrons. The normalized spacial score (nSPS) is 12.7. The maximum absolute atomic E-state index is 14.1. The van der Waals surface area contributed by atoms with Crippen LogP contribution in [0.3, 0.4) is 0 Å². The van der Waals surface area contributed by atoms with Gasteiger partial charge in [-0.2, -0.15) is 0 Å². The molecule has 0 aliphatic heterocycles. The van der Waals surface area contributed by atoms with Gasteiger partial charge in [-0.15, -0.1) is 11.3 Å². The second kappa shape index (κ2) is 5.12. The molecule has 0 aliphatic rings. The predicted octanol–water partition coefficient (Wildman–Crippen LogP) is 3.35. The zero-order chi connectivity index (χ0) is 13.3. The highest BCUT2D eigenvalue weighted by Crippen LogP contribution is 2.31. The zero-order valence-electron chi connectivity index (χ0n) is 10.4. The van der Waals surface area contributed by atoms with Gasteiger partial charge in [0.05, 0.1) is 17.2 Å². The number of hydrogen-bond acceptors (Lipinski definition) is 3. The summed E-state index contributed by atoms with van der Waals surface area (Å²) >= 11 is 1.39. The summed E-state index contributed by atoms with van der Waals surface area (Å²) in [5.41, 5.74) is 2.97. The molecule has 0 spiro atoms. The first kappa shape index (κ1) is 13.1. The third-order valence-electron chi connectivity index (χ3n) is 2.94. The number of nitrogens with one attached hydrogen (secondary N) is 1. The highest BCUT2D eigenvalue weighted by molar-refractivity contribution is 7.09. The number of halogens is 2. The van der Waals surface area contributed by atoms with Crippen LogP contribution in [-0.2, 0) is 0 Å². The van der Waals surface area contributed by atoms with Crippen molar-refractivity contribution in [1.82, 2.24) is 10.3 Å². The van der Waals surface area contributed by atoms with Gasteiger partial charge in [0, 0.05) is 10.4 Å². The Hall–Kier alpha value is -1.33. The molecular weight excluding hydrogens is 254 g/mol. The van der Waals surface area contributed by atoms with Crippen molar-refractivity contribution < 1.29 is 8.78 Å². The molecule has 0 bridgehead atoms. The summed E-state index contributed by atoms with van der Waals surface area (Å²) in [7, 11) is 1.69. The molecule has 96 valence electrons. The van der Waals surface area contributed by atoms with E-state index in [0.717, 1.165) is 10.6 Å². The van der Waals surface area contributed by atoms with E-state index < -0.39 is 17.7 Å². The molecule has 18 heavy (non-hydrogen) atoms. The fourth-order valence-corrected chi connectivity index (χ4v) is 2.86. The first-order chi connectivity index (χ1) is 8.56. The van der Waals surface area contributed by atoms with Crippen molar-refractivity contribution in [1.29, 1.82) is 0 Å². The van der Waals surface area contributed by atoms with E-state index in [9.17, 15) is 8.78 Å². The Morgan fingerprint density at radius 2 is 2.00 bits per heavy atom. The van der Waals surface area contributed by atoms with Crippen molar-refractivity contribution in [3.63, 3.8) is 0 Å². The van der Waals surface area contributed by atoms with Crippen LogP contribution in [0.2, 0.25) is 0 Å². The van der Waals surface area contributed by atoms with Crippen molar-refractivity contribution in [2.45, 2.75) is 19.9 Å². The molecule has 1 atom stereocenters. The van der Waals surface area contributed by atoms with Gasteiger partial charge < -0.3 is 5.32 Å². The van der Waals surface area contributed by atoms with E-state index in [4.69, 9.17) is 0 Å². The third-order valence-corrected chi connectivity index (χ3v) is 3.94. The van der Waals surface area contributed by atoms with Crippen LogP contribution in [0, 0.1) is 25.5 Å². The lowest BCUT2D eigenvalue weighted by atomic mass is 10.0. The lowest BCUT2D eigenvalue weighted by molar-refractivity contribution is 0.519. The molecule has 5 heteroatoms. The van der Waals surface area contributed by atoms with Gasteiger partial charge in [-0.25, -0.2) is 13.8 Å². The number of nitrogens with zero attached hydrogens (tertiary/aromatic N) is 1. The summed E-state index contributed by atoms with van der Waals surface area (Å²) in [6.07, 6.45) is 0. The van der Waals surface area contributed by atoms with Gasteiger partial charge in [-0.05, 0) is 32.5 Å². The lowest BCUT2D eigenvalue weighted by Crippen LogP contribution is -2.20. The van der Waals surface area contributed by atoms with Gasteiger partial charge in [0.15, 0.2) is 0 Å². The Kier molecular flexibility index (Phi) is 3.73. The quantitative estimate of drug-likeness (QED) is 0.923. The van der Waals surface area contributed by atoms with Crippen LogP contribution in [0.1, 0.15) is 27.7 Å². The average Bonchev–Trinajstić information content (AvgIpc) is 2.76. The van der Waals surface area contributed by atoms with Crippen molar-refractivity contribution in [2.24, 2.45) is 0 Å². The summed E-state index contributed by atoms with van der Waals surface area (Å²) in [6.45, 7) is 3.46. The van der Waals surface area contributed by atoms with Crippen molar-refractivity contribution in [3.05, 3.63) is 51.0 Å². The Morgan fingerprint density at radius 1 is 1.28 bits per heavy atom. The van der Waals surface area contributed by atoms with Crippen LogP contribution in [0.25, 0.3) is 0 Å². The maximum Gasteiger partial charge on any atom is 0.134 e. The van der Waals surface area contributed by atoms with Crippen molar-refractivity contribution in [3.8, 4) is 0 Å². The van der Waals surface area contributed by atoms with E-state index in [2.05, 4.69) is 10.3 Å². The van der Waals surface area contributed by atoms with E-state index >= 15 is 0 Å². The average molecular weight is 268 g/mol. The minimum Gasteiger partial charge on any atom is -0.308 e. The Labute approximate surface area is 109 Å². The molecule has 1 aromatic carbocycles. The monoisotopic (exact) mass is 268 g/mol. The summed E-state index contributed by atoms with van der Waals surface area (Å²) in [5.74, 6) is -1.03. The highest BCUT2D eigenvalue weighted by atomic mass is 32.1. The maximum atomic E-state index is 14.1. The molecule has 1 aromatic heterocycles. The Balaban J connectivity index is 2.59. The van der Waals surface area contributed by atoms with Crippen molar-refractivity contribution in [2.75, 3.05) is 7.05 Å². The molecule has 1 unspecified atom stereocenters. The van der Waals surface area contributed by atoms with E-state index in [1.807, 2.05) is 6.92 Å². The van der Waals surface area contributed by atoms with E-state index in [1.165, 1.54) is 23.5 Å². The lowest BCUT2D eigenvalue weighted by Gasteiger charge is -2.18. The SMILES string of the molecule is CNC(c1scnc1C)c1c(F)ccc(C)c1F. The second-order valence-corrected chi connectivity index (χ2v) is 5.00. The van der Waals surface area contributed by atoms with Crippen LogP contribution >= 0.6 is 11.3 Å². The molecular formula is C13H14F2N2S. The van der Waals surface area contributed by atoms with Crippen LogP contribution in [-0.4, -0.2) is 12.0 Å². The molecule has 2 aromatic rings. The molecule has 1 N–H and O–H groups in total. The number of aryl methyl sites for hydroxylation is 2. The summed E-state index contributed by atoms with van der Waals surface area (Å²) in [5, 5.41) is 2.96. The van der Waals surface area contributed by atoms with Crippen LogP contribution in [0.15, 0.2) is 17.6 Å². The zero-order valence-corrected chi connectivity index (χ0v) is 11.2. The fourth-order valence-electron chi connectivity index (χ4n) is 1.94. The molecule has 0 saturated carbocycles. The Bertz CT molecular complexity index is 566. The van der Waals surface area contributed by atoms with E-state index in [0.29, 0.717) is 5.56 Å². The smallest absolute Gasteiger partial charge is 0.134 e. The number of aromatic nitrogens is 1. The number of benzene rings is 1. The van der Waals surface area contributed by atoms with Crippen molar-refractivity contribution >= 4 is 11.3 Å². The molecule has 0 amide bonds. The van der Waals surface area contributed by atoms with E-state index in [-0.39, 0.29) is 5.56 Å². The minimum absolute atomic E-state index is 0.0600. The molecule has 2 nitrogen and oxygen atoms in total. The van der Waals surface area contributed by atoms with Crippen LogP contribution in [0.5, 0.6) is 0 Å². The first-order valence-electron chi connectivity index (χ1n) is 5.58. The van der Waals surface area contributed by atoms with Crippen LogP contribution < -0.4 is 5.32 Å². The fraction of sp³-hybridized carbons (Fsp3) is 0.308. The van der Waals surface area contributed by atoms with Crippen LogP contribution in [0.4, 0.5) is 8.78 Å². The predicted molar refractivity (Wildman–Crippen MR) is 68.8 cm³/mol. The largest absolute Gasteiger partial charge is 0.308 e. The van der Waals surface area contributed by atoms with Gasteiger partial charge in [-0.3, -0.25) is 0 Å². The minimum atomic E-state index is -0.537. The second-order valence-electron chi connectivity index (χ2n) is 4.12. The summed E-state index contributed by atoms with van der Waals surface area (Å²) < 4.78 is 28.0. The van der Waals surface area contributed by atoms with Gasteiger partial charge in [0.1, 0.15) is 11.6 Å². The van der Waals surface area contributed by atoms with Gasteiger partial charge in [0.2, 0.25) is 0 Å². The van der Waals surface area contributed by atoms with Gasteiger partial charge in [0.25, 0.3) is 0 Å². The molecule has 1 heterocycles. The number of hydrogen-bond donors (Lipinski definition) is 1. The molecule has 0 fully saturated rings. The number of rotatable bonds is 3. The molecule has 0 saturated heterocycles. The standard InChI is InChI=1S/C13H14F2N2S/c1-7-4-5-9(14)10(11(7)15)12(16-3)13-8(2)17-6-18-13/h4-6,12,16H,1-3H3. The molecule has 2 rings (SSSR count). The Morgan fingerprint density at radius 3 is 2.56 bits per heavy atom.